The van der Waals surface area contributed by atoms with E-state index in [-0.39, 0.29) is 5.82 Å². The Morgan fingerprint density at radius 2 is 2.06 bits per heavy atom. The van der Waals surface area contributed by atoms with Gasteiger partial charge in [-0.2, -0.15) is 0 Å². The van der Waals surface area contributed by atoms with E-state index in [9.17, 15) is 4.39 Å². The monoisotopic (exact) mass is 237 g/mol. The Hall–Kier alpha value is -1.19. The highest BCUT2D eigenvalue weighted by molar-refractivity contribution is 5.19. The first-order valence-corrected chi connectivity index (χ1v) is 5.92. The van der Waals surface area contributed by atoms with Gasteiger partial charge in [0.25, 0.3) is 0 Å². The van der Waals surface area contributed by atoms with Crippen molar-refractivity contribution in [3.63, 3.8) is 0 Å². The van der Waals surface area contributed by atoms with E-state index in [0.29, 0.717) is 6.42 Å². The van der Waals surface area contributed by atoms with Crippen molar-refractivity contribution in [2.45, 2.75) is 12.8 Å². The third-order valence-electron chi connectivity index (χ3n) is 2.43. The van der Waals surface area contributed by atoms with Crippen LogP contribution >= 0.6 is 0 Å². The largest absolute Gasteiger partial charge is 0.383 e. The van der Waals surface area contributed by atoms with Crippen LogP contribution in [0, 0.1) is 5.82 Å². The fourth-order valence-electron chi connectivity index (χ4n) is 1.48. The summed E-state index contributed by atoms with van der Waals surface area (Å²) in [6, 6.07) is 6.88. The minimum atomic E-state index is -0.129. The topological polar surface area (TPSA) is 21.3 Å². The van der Waals surface area contributed by atoms with Crippen molar-refractivity contribution < 1.29 is 9.13 Å². The summed E-state index contributed by atoms with van der Waals surface area (Å²) in [5.74, 6) is -0.129. The lowest BCUT2D eigenvalue weighted by Crippen LogP contribution is -2.19. The summed E-state index contributed by atoms with van der Waals surface area (Å²) >= 11 is 0. The van der Waals surface area contributed by atoms with Crippen LogP contribution in [0.15, 0.2) is 36.4 Å². The highest BCUT2D eigenvalue weighted by Gasteiger charge is 1.96. The van der Waals surface area contributed by atoms with Crippen LogP contribution in [0.3, 0.4) is 0 Å². The van der Waals surface area contributed by atoms with Crippen LogP contribution in [-0.2, 0) is 11.2 Å². The van der Waals surface area contributed by atoms with Gasteiger partial charge in [-0.1, -0.05) is 30.4 Å². The fraction of sp³-hybridized carbons (Fsp3) is 0.429. The van der Waals surface area contributed by atoms with E-state index in [1.807, 2.05) is 18.2 Å². The maximum absolute atomic E-state index is 13.2. The van der Waals surface area contributed by atoms with Crippen molar-refractivity contribution in [2.24, 2.45) is 0 Å². The molecule has 94 valence electrons. The third kappa shape index (κ3) is 6.19. The summed E-state index contributed by atoms with van der Waals surface area (Å²) in [7, 11) is 1.69. The molecule has 0 bridgehead atoms. The van der Waals surface area contributed by atoms with Gasteiger partial charge in [0.15, 0.2) is 0 Å². The summed E-state index contributed by atoms with van der Waals surface area (Å²) in [4.78, 5) is 0. The summed E-state index contributed by atoms with van der Waals surface area (Å²) in [6.45, 7) is 2.54. The molecule has 2 nitrogen and oxygen atoms in total. The smallest absolute Gasteiger partial charge is 0.126 e. The SMILES string of the molecule is COCCNCCC=CCc1ccccc1F. The molecule has 0 spiro atoms. The number of rotatable bonds is 8. The molecule has 0 aliphatic carbocycles. The minimum absolute atomic E-state index is 0.129. The predicted molar refractivity (Wildman–Crippen MR) is 68.6 cm³/mol. The molecule has 0 aliphatic heterocycles. The molecule has 1 aromatic carbocycles. The molecule has 3 heteroatoms. The Bertz CT molecular complexity index is 339. The molecule has 0 unspecified atom stereocenters. The zero-order valence-corrected chi connectivity index (χ0v) is 10.3. The van der Waals surface area contributed by atoms with Gasteiger partial charge in [0.05, 0.1) is 6.61 Å². The average Bonchev–Trinajstić information content (AvgIpc) is 2.35. The molecule has 0 fully saturated rings. The van der Waals surface area contributed by atoms with Crippen LogP contribution in [0.4, 0.5) is 4.39 Å². The van der Waals surface area contributed by atoms with Gasteiger partial charge in [-0.3, -0.25) is 0 Å². The van der Waals surface area contributed by atoms with Gasteiger partial charge in [-0.15, -0.1) is 0 Å². The van der Waals surface area contributed by atoms with Gasteiger partial charge in [-0.05, 0) is 31.0 Å². The number of benzene rings is 1. The molecule has 0 amide bonds. The molecule has 0 radical (unpaired) electrons. The van der Waals surface area contributed by atoms with Crippen molar-refractivity contribution in [1.29, 1.82) is 0 Å². The maximum atomic E-state index is 13.2. The Balaban J connectivity index is 2.12. The van der Waals surface area contributed by atoms with E-state index >= 15 is 0 Å². The van der Waals surface area contributed by atoms with E-state index in [1.54, 1.807) is 13.2 Å². The van der Waals surface area contributed by atoms with E-state index in [1.165, 1.54) is 6.07 Å². The van der Waals surface area contributed by atoms with Gasteiger partial charge in [0.2, 0.25) is 0 Å². The molecule has 0 saturated carbocycles. The van der Waals surface area contributed by atoms with Crippen LogP contribution in [-0.4, -0.2) is 26.8 Å². The zero-order valence-electron chi connectivity index (χ0n) is 10.3. The molecule has 1 N–H and O–H groups in total. The average molecular weight is 237 g/mol. The van der Waals surface area contributed by atoms with E-state index < -0.39 is 0 Å². The van der Waals surface area contributed by atoms with Crippen LogP contribution < -0.4 is 5.32 Å². The summed E-state index contributed by atoms with van der Waals surface area (Å²) in [5.41, 5.74) is 0.746. The summed E-state index contributed by atoms with van der Waals surface area (Å²) < 4.78 is 18.2. The maximum Gasteiger partial charge on any atom is 0.126 e. The number of halogens is 1. The second-order valence-corrected chi connectivity index (χ2v) is 3.80. The van der Waals surface area contributed by atoms with E-state index in [0.717, 1.165) is 31.7 Å². The second-order valence-electron chi connectivity index (χ2n) is 3.80. The number of allylic oxidation sites excluding steroid dienone is 1. The van der Waals surface area contributed by atoms with Gasteiger partial charge in [0, 0.05) is 13.7 Å². The van der Waals surface area contributed by atoms with Crippen LogP contribution in [0.5, 0.6) is 0 Å². The Morgan fingerprint density at radius 1 is 1.24 bits per heavy atom. The van der Waals surface area contributed by atoms with Gasteiger partial charge in [-0.25, -0.2) is 4.39 Å². The second kappa shape index (κ2) is 8.90. The van der Waals surface area contributed by atoms with Crippen molar-refractivity contribution >= 4 is 0 Å². The first-order valence-electron chi connectivity index (χ1n) is 5.92. The molecular formula is C14H20FNO. The highest BCUT2D eigenvalue weighted by Crippen LogP contribution is 2.07. The number of methoxy groups -OCH3 is 1. The molecular weight excluding hydrogens is 217 g/mol. The Kier molecular flexibility index (Phi) is 7.27. The number of hydrogen-bond acceptors (Lipinski definition) is 2. The quantitative estimate of drug-likeness (QED) is 0.554. The molecule has 0 aliphatic rings. The van der Waals surface area contributed by atoms with Crippen LogP contribution in [0.25, 0.3) is 0 Å². The van der Waals surface area contributed by atoms with Crippen molar-refractivity contribution in [3.8, 4) is 0 Å². The molecule has 0 atom stereocenters. The molecule has 1 aromatic rings. The summed E-state index contributed by atoms with van der Waals surface area (Å²) in [5, 5.41) is 3.25. The fourth-order valence-corrected chi connectivity index (χ4v) is 1.48. The molecule has 0 aromatic heterocycles. The Labute approximate surface area is 102 Å². The molecule has 0 heterocycles. The lowest BCUT2D eigenvalue weighted by atomic mass is 10.1. The molecule has 17 heavy (non-hydrogen) atoms. The first kappa shape index (κ1) is 13.9. The minimum Gasteiger partial charge on any atom is -0.383 e. The van der Waals surface area contributed by atoms with Crippen LogP contribution in [0.2, 0.25) is 0 Å². The van der Waals surface area contributed by atoms with Crippen molar-refractivity contribution in [3.05, 3.63) is 47.8 Å². The molecule has 0 saturated heterocycles. The third-order valence-corrected chi connectivity index (χ3v) is 2.43. The van der Waals surface area contributed by atoms with Crippen molar-refractivity contribution in [2.75, 3.05) is 26.8 Å². The van der Waals surface area contributed by atoms with E-state index in [4.69, 9.17) is 4.74 Å². The number of ether oxygens (including phenoxy) is 1. The standard InChI is InChI=1S/C14H20FNO/c1-17-12-11-16-10-6-2-3-7-13-8-4-5-9-14(13)15/h2-5,8-9,16H,6-7,10-12H2,1H3. The Morgan fingerprint density at radius 3 is 2.82 bits per heavy atom. The zero-order chi connectivity index (χ0) is 12.3. The summed E-state index contributed by atoms with van der Waals surface area (Å²) in [6.07, 6.45) is 5.70. The highest BCUT2D eigenvalue weighted by atomic mass is 19.1. The lowest BCUT2D eigenvalue weighted by Gasteiger charge is -2.01. The van der Waals surface area contributed by atoms with Gasteiger partial charge < -0.3 is 10.1 Å². The number of hydrogen-bond donors (Lipinski definition) is 1. The lowest BCUT2D eigenvalue weighted by molar-refractivity contribution is 0.199. The van der Waals surface area contributed by atoms with Crippen LogP contribution in [0.1, 0.15) is 12.0 Å². The van der Waals surface area contributed by atoms with Crippen molar-refractivity contribution in [1.82, 2.24) is 5.32 Å². The first-order chi connectivity index (χ1) is 8.34. The van der Waals surface area contributed by atoms with Gasteiger partial charge in [0.1, 0.15) is 5.82 Å². The molecule has 1 rings (SSSR count). The van der Waals surface area contributed by atoms with Gasteiger partial charge >= 0.3 is 0 Å². The number of nitrogens with one attached hydrogen (secondary N) is 1. The normalized spacial score (nSPS) is 11.2. The van der Waals surface area contributed by atoms with E-state index in [2.05, 4.69) is 11.4 Å². The predicted octanol–water partition coefficient (Wildman–Crippen LogP) is 2.55.